The maximum absolute atomic E-state index is 10.4. The largest absolute Gasteiger partial charge is 0.387 e. The third kappa shape index (κ3) is 4.27. The topological polar surface area (TPSA) is 41.9 Å². The molecular formula is C17H27NO3. The first kappa shape index (κ1) is 16.4. The Morgan fingerprint density at radius 1 is 1.14 bits per heavy atom. The molecule has 0 radical (unpaired) electrons. The third-order valence-corrected chi connectivity index (χ3v) is 4.23. The first-order valence-corrected chi connectivity index (χ1v) is 7.72. The molecule has 0 amide bonds. The molecular weight excluding hydrogens is 266 g/mol. The monoisotopic (exact) mass is 293 g/mol. The lowest BCUT2D eigenvalue weighted by Gasteiger charge is -2.20. The molecule has 4 heteroatoms. The molecule has 1 aliphatic heterocycles. The third-order valence-electron chi connectivity index (χ3n) is 4.23. The van der Waals surface area contributed by atoms with Gasteiger partial charge in [-0.05, 0) is 17.5 Å². The van der Waals surface area contributed by atoms with Crippen molar-refractivity contribution >= 4 is 0 Å². The van der Waals surface area contributed by atoms with Crippen molar-refractivity contribution in [3.05, 3.63) is 35.4 Å². The Morgan fingerprint density at radius 2 is 1.71 bits per heavy atom. The van der Waals surface area contributed by atoms with Crippen LogP contribution in [0.1, 0.15) is 30.6 Å². The minimum atomic E-state index is -0.464. The van der Waals surface area contributed by atoms with Crippen LogP contribution in [0.25, 0.3) is 0 Å². The van der Waals surface area contributed by atoms with Gasteiger partial charge in [0, 0.05) is 33.9 Å². The summed E-state index contributed by atoms with van der Waals surface area (Å²) in [5, 5.41) is 10.4. The van der Waals surface area contributed by atoms with Crippen molar-refractivity contribution in [1.82, 2.24) is 4.90 Å². The Morgan fingerprint density at radius 3 is 2.19 bits per heavy atom. The lowest BCUT2D eigenvalue weighted by atomic mass is 10.0. The summed E-state index contributed by atoms with van der Waals surface area (Å²) in [7, 11) is 3.42. The van der Waals surface area contributed by atoms with Crippen molar-refractivity contribution in [2.45, 2.75) is 38.1 Å². The summed E-state index contributed by atoms with van der Waals surface area (Å²) >= 11 is 0. The van der Waals surface area contributed by atoms with E-state index in [1.54, 1.807) is 14.2 Å². The highest BCUT2D eigenvalue weighted by Crippen LogP contribution is 2.21. The average molecular weight is 293 g/mol. The number of aliphatic hydroxyl groups excluding tert-OH is 1. The molecule has 1 aromatic rings. The first-order chi connectivity index (χ1) is 10.2. The van der Waals surface area contributed by atoms with E-state index in [9.17, 15) is 5.11 Å². The predicted octanol–water partition coefficient (Wildman–Crippen LogP) is 2.02. The van der Waals surface area contributed by atoms with Crippen LogP contribution in [-0.2, 0) is 15.9 Å². The Bertz CT molecular complexity index is 409. The van der Waals surface area contributed by atoms with Crippen molar-refractivity contribution in [3.8, 4) is 0 Å². The van der Waals surface area contributed by atoms with Gasteiger partial charge >= 0.3 is 0 Å². The van der Waals surface area contributed by atoms with Crippen molar-refractivity contribution < 1.29 is 14.6 Å². The van der Waals surface area contributed by atoms with Crippen LogP contribution in [0.3, 0.4) is 0 Å². The van der Waals surface area contributed by atoms with Gasteiger partial charge in [-0.3, -0.25) is 4.90 Å². The second-order valence-electron chi connectivity index (χ2n) is 5.77. The van der Waals surface area contributed by atoms with Gasteiger partial charge in [0.05, 0.1) is 18.3 Å². The standard InChI is InChI=1S/C17H27NO3/c1-4-5-13-6-8-14(9-7-13)15(19)10-18-11-16(20-2)17(12-18)21-3/h6-9,15-17,19H,4-5,10-12H2,1-3H3. The Labute approximate surface area is 127 Å². The Balaban J connectivity index is 1.90. The smallest absolute Gasteiger partial charge is 0.0971 e. The maximum atomic E-state index is 10.4. The lowest BCUT2D eigenvalue weighted by molar-refractivity contribution is -0.00461. The fourth-order valence-electron chi connectivity index (χ4n) is 2.97. The first-order valence-electron chi connectivity index (χ1n) is 7.72. The van der Waals surface area contributed by atoms with E-state index >= 15 is 0 Å². The zero-order valence-corrected chi connectivity index (χ0v) is 13.3. The molecule has 0 spiro atoms. The quantitative estimate of drug-likeness (QED) is 0.835. The molecule has 1 saturated heterocycles. The van der Waals surface area contributed by atoms with Crippen LogP contribution < -0.4 is 0 Å². The molecule has 2 rings (SSSR count). The molecule has 1 N–H and O–H groups in total. The van der Waals surface area contributed by atoms with E-state index in [1.165, 1.54) is 5.56 Å². The molecule has 3 atom stereocenters. The number of benzene rings is 1. The number of rotatable bonds is 7. The molecule has 0 bridgehead atoms. The lowest BCUT2D eigenvalue weighted by Crippen LogP contribution is -2.27. The Hall–Kier alpha value is -0.940. The van der Waals surface area contributed by atoms with Gasteiger partial charge in [-0.25, -0.2) is 0 Å². The maximum Gasteiger partial charge on any atom is 0.0971 e. The number of aliphatic hydroxyl groups is 1. The highest BCUT2D eigenvalue weighted by molar-refractivity contribution is 5.24. The molecule has 1 aliphatic rings. The fourth-order valence-corrected chi connectivity index (χ4v) is 2.97. The van der Waals surface area contributed by atoms with Gasteiger partial charge in [0.15, 0.2) is 0 Å². The van der Waals surface area contributed by atoms with E-state index < -0.39 is 6.10 Å². The number of likely N-dealkylation sites (tertiary alicyclic amines) is 1. The van der Waals surface area contributed by atoms with Crippen LogP contribution in [0.5, 0.6) is 0 Å². The molecule has 118 valence electrons. The van der Waals surface area contributed by atoms with Crippen molar-refractivity contribution in [2.24, 2.45) is 0 Å². The summed E-state index contributed by atoms with van der Waals surface area (Å²) in [5.41, 5.74) is 2.30. The van der Waals surface area contributed by atoms with Gasteiger partial charge < -0.3 is 14.6 Å². The summed E-state index contributed by atoms with van der Waals surface area (Å²) in [4.78, 5) is 2.20. The number of hydrogen-bond donors (Lipinski definition) is 1. The minimum Gasteiger partial charge on any atom is -0.387 e. The summed E-state index contributed by atoms with van der Waals surface area (Å²) in [5.74, 6) is 0. The summed E-state index contributed by atoms with van der Waals surface area (Å²) < 4.78 is 10.9. The van der Waals surface area contributed by atoms with E-state index in [-0.39, 0.29) is 12.2 Å². The SMILES string of the molecule is CCCc1ccc(C(O)CN2CC(OC)C(OC)C2)cc1. The van der Waals surface area contributed by atoms with Crippen LogP contribution in [-0.4, -0.2) is 56.1 Å². The van der Waals surface area contributed by atoms with Crippen LogP contribution in [0.2, 0.25) is 0 Å². The Kier molecular flexibility index (Phi) is 6.18. The van der Waals surface area contributed by atoms with Crippen molar-refractivity contribution in [3.63, 3.8) is 0 Å². The summed E-state index contributed by atoms with van der Waals surface area (Å²) in [6, 6.07) is 8.30. The minimum absolute atomic E-state index is 0.0918. The average Bonchev–Trinajstić information content (AvgIpc) is 2.90. The molecule has 21 heavy (non-hydrogen) atoms. The fraction of sp³-hybridized carbons (Fsp3) is 0.647. The van der Waals surface area contributed by atoms with Crippen LogP contribution in [0.4, 0.5) is 0 Å². The zero-order chi connectivity index (χ0) is 15.2. The van der Waals surface area contributed by atoms with Gasteiger partial charge in [-0.1, -0.05) is 37.6 Å². The number of aryl methyl sites for hydroxylation is 1. The van der Waals surface area contributed by atoms with Gasteiger partial charge in [-0.2, -0.15) is 0 Å². The van der Waals surface area contributed by atoms with E-state index in [1.807, 2.05) is 12.1 Å². The number of methoxy groups -OCH3 is 2. The second kappa shape index (κ2) is 7.90. The zero-order valence-electron chi connectivity index (χ0n) is 13.3. The van der Waals surface area contributed by atoms with Crippen LogP contribution in [0, 0.1) is 0 Å². The number of hydrogen-bond acceptors (Lipinski definition) is 4. The number of ether oxygens (including phenoxy) is 2. The van der Waals surface area contributed by atoms with Gasteiger partial charge in [0.2, 0.25) is 0 Å². The molecule has 4 nitrogen and oxygen atoms in total. The molecule has 1 aromatic carbocycles. The molecule has 1 heterocycles. The summed E-state index contributed by atoms with van der Waals surface area (Å²) in [6.07, 6.45) is 1.96. The number of β-amino-alcohol motifs (C(OH)–C–C–N with tert-alkyl or cyclic N) is 1. The van der Waals surface area contributed by atoms with E-state index in [0.717, 1.165) is 31.5 Å². The van der Waals surface area contributed by atoms with Crippen LogP contribution >= 0.6 is 0 Å². The number of nitrogens with zero attached hydrogens (tertiary/aromatic N) is 1. The van der Waals surface area contributed by atoms with Gasteiger partial charge in [0.1, 0.15) is 0 Å². The molecule has 0 aliphatic carbocycles. The highest BCUT2D eigenvalue weighted by Gasteiger charge is 2.33. The van der Waals surface area contributed by atoms with Crippen LogP contribution in [0.15, 0.2) is 24.3 Å². The second-order valence-corrected chi connectivity index (χ2v) is 5.77. The van der Waals surface area contributed by atoms with E-state index in [4.69, 9.17) is 9.47 Å². The highest BCUT2D eigenvalue weighted by atomic mass is 16.5. The van der Waals surface area contributed by atoms with Crippen molar-refractivity contribution in [2.75, 3.05) is 33.9 Å². The summed E-state index contributed by atoms with van der Waals surface area (Å²) in [6.45, 7) is 4.40. The normalized spacial score (nSPS) is 24.4. The van der Waals surface area contributed by atoms with Crippen molar-refractivity contribution in [1.29, 1.82) is 0 Å². The van der Waals surface area contributed by atoms with E-state index in [0.29, 0.717) is 6.54 Å². The molecule has 0 saturated carbocycles. The van der Waals surface area contributed by atoms with Gasteiger partial charge in [-0.15, -0.1) is 0 Å². The molecule has 0 aromatic heterocycles. The predicted molar refractivity (Wildman–Crippen MR) is 83.4 cm³/mol. The molecule has 3 unspecified atom stereocenters. The molecule has 1 fully saturated rings. The van der Waals surface area contributed by atoms with E-state index in [2.05, 4.69) is 24.0 Å². The van der Waals surface area contributed by atoms with Gasteiger partial charge in [0.25, 0.3) is 0 Å².